The van der Waals surface area contributed by atoms with E-state index in [9.17, 15) is 9.90 Å². The SMILES string of the molecule is COC(=O)[C@@]12CC[C@@]3(C)CCC(C)(C)C[C@H]3C1=CC[C@@H]1[C@@]3(C)CC[C@@H](O)C(C)(C)[C@@H]3CC[C@]12C. The number of aliphatic hydroxyl groups is 1. The molecule has 4 fully saturated rings. The van der Waals surface area contributed by atoms with Crippen molar-refractivity contribution in [1.29, 1.82) is 0 Å². The number of rotatable bonds is 1. The number of methoxy groups -OCH3 is 1. The number of esters is 1. The van der Waals surface area contributed by atoms with E-state index in [1.54, 1.807) is 7.11 Å². The summed E-state index contributed by atoms with van der Waals surface area (Å²) in [7, 11) is 1.62. The Morgan fingerprint density at radius 3 is 2.26 bits per heavy atom. The zero-order valence-corrected chi connectivity index (χ0v) is 23.2. The molecule has 4 saturated carbocycles. The van der Waals surface area contributed by atoms with Gasteiger partial charge in [-0.25, -0.2) is 0 Å². The van der Waals surface area contributed by atoms with Gasteiger partial charge in [0.05, 0.1) is 18.6 Å². The minimum absolute atomic E-state index is 0.0357. The number of carbonyl (C=O) groups excluding carboxylic acids is 1. The van der Waals surface area contributed by atoms with E-state index in [-0.39, 0.29) is 28.3 Å². The molecule has 3 nitrogen and oxygen atoms in total. The largest absolute Gasteiger partial charge is 0.468 e. The molecular weight excluding hydrogens is 420 g/mol. The summed E-state index contributed by atoms with van der Waals surface area (Å²) >= 11 is 0. The molecule has 0 unspecified atom stereocenters. The van der Waals surface area contributed by atoms with Crippen molar-refractivity contribution in [2.24, 2.45) is 50.2 Å². The van der Waals surface area contributed by atoms with Crippen LogP contribution in [0, 0.1) is 50.2 Å². The number of allylic oxidation sites excluding steroid dienone is 1. The van der Waals surface area contributed by atoms with E-state index in [2.05, 4.69) is 54.5 Å². The van der Waals surface area contributed by atoms with Gasteiger partial charge in [-0.3, -0.25) is 4.79 Å². The molecule has 5 aliphatic carbocycles. The molecule has 0 saturated heterocycles. The summed E-state index contributed by atoms with van der Waals surface area (Å²) in [6, 6.07) is 0. The predicted molar refractivity (Wildman–Crippen MR) is 137 cm³/mol. The fourth-order valence-corrected chi connectivity index (χ4v) is 10.8. The second kappa shape index (κ2) is 7.36. The normalized spacial score (nSPS) is 51.1. The summed E-state index contributed by atoms with van der Waals surface area (Å²) in [6.45, 7) is 16.9. The summed E-state index contributed by atoms with van der Waals surface area (Å²) in [4.78, 5) is 14.1. The second-order valence-electron chi connectivity index (χ2n) is 15.3. The summed E-state index contributed by atoms with van der Waals surface area (Å²) in [5.74, 6) is 1.47. The van der Waals surface area contributed by atoms with Crippen molar-refractivity contribution in [3.05, 3.63) is 11.6 Å². The summed E-state index contributed by atoms with van der Waals surface area (Å²) in [5, 5.41) is 10.9. The molecule has 0 aromatic rings. The standard InChI is InChI=1S/C31H50O3/c1-26(2)15-16-28(5)17-18-31(25(33)34-8)20(21(28)19-26)9-10-23-29(6)13-12-24(32)27(3,4)22(29)11-14-30(23,31)7/h9,21-24,32H,10-19H2,1-8H3/t21-,22-,23+,24+,28+,29-,30+,31+/m0/s1. The highest BCUT2D eigenvalue weighted by atomic mass is 16.5. The molecule has 34 heavy (non-hydrogen) atoms. The number of hydrogen-bond donors (Lipinski definition) is 1. The van der Waals surface area contributed by atoms with Crippen LogP contribution in [0.3, 0.4) is 0 Å². The van der Waals surface area contributed by atoms with Crippen LogP contribution in [0.25, 0.3) is 0 Å². The van der Waals surface area contributed by atoms with Crippen molar-refractivity contribution in [2.45, 2.75) is 119 Å². The van der Waals surface area contributed by atoms with E-state index in [1.165, 1.54) is 24.8 Å². The van der Waals surface area contributed by atoms with Gasteiger partial charge in [0.25, 0.3) is 0 Å². The number of fused-ring (bicyclic) bond motifs is 7. The molecule has 0 aliphatic heterocycles. The van der Waals surface area contributed by atoms with E-state index in [0.29, 0.717) is 28.6 Å². The van der Waals surface area contributed by atoms with E-state index >= 15 is 0 Å². The van der Waals surface area contributed by atoms with Gasteiger partial charge in [-0.2, -0.15) is 0 Å². The summed E-state index contributed by atoms with van der Waals surface area (Å²) in [5.41, 5.74) is 1.58. The van der Waals surface area contributed by atoms with Gasteiger partial charge in [0, 0.05) is 0 Å². The second-order valence-corrected chi connectivity index (χ2v) is 15.3. The topological polar surface area (TPSA) is 46.5 Å². The first-order valence-electron chi connectivity index (χ1n) is 14.2. The van der Waals surface area contributed by atoms with Gasteiger partial charge in [0.2, 0.25) is 0 Å². The van der Waals surface area contributed by atoms with Gasteiger partial charge < -0.3 is 9.84 Å². The maximum atomic E-state index is 14.1. The summed E-state index contributed by atoms with van der Waals surface area (Å²) < 4.78 is 5.74. The lowest BCUT2D eigenvalue weighted by atomic mass is 9.33. The smallest absolute Gasteiger partial charge is 0.316 e. The Bertz CT molecular complexity index is 900. The summed E-state index contributed by atoms with van der Waals surface area (Å²) in [6.07, 6.45) is 13.3. The maximum absolute atomic E-state index is 14.1. The lowest BCUT2D eigenvalue weighted by Crippen LogP contribution is -2.67. The van der Waals surface area contributed by atoms with E-state index in [1.807, 2.05) is 0 Å². The van der Waals surface area contributed by atoms with Gasteiger partial charge in [0.15, 0.2) is 0 Å². The Balaban J connectivity index is 1.66. The zero-order chi connectivity index (χ0) is 24.9. The third-order valence-electron chi connectivity index (χ3n) is 13.0. The average Bonchev–Trinajstić information content (AvgIpc) is 2.76. The molecule has 5 rings (SSSR count). The fourth-order valence-electron chi connectivity index (χ4n) is 10.8. The third-order valence-corrected chi connectivity index (χ3v) is 13.0. The minimum atomic E-state index is -0.490. The monoisotopic (exact) mass is 470 g/mol. The molecule has 0 spiro atoms. The highest BCUT2D eigenvalue weighted by Crippen LogP contribution is 2.76. The first kappa shape index (κ1) is 24.8. The van der Waals surface area contributed by atoms with Crippen LogP contribution in [0.1, 0.15) is 113 Å². The highest BCUT2D eigenvalue weighted by Gasteiger charge is 2.71. The lowest BCUT2D eigenvalue weighted by Gasteiger charge is -2.70. The molecule has 0 bridgehead atoms. The number of carbonyl (C=O) groups is 1. The minimum Gasteiger partial charge on any atom is -0.468 e. The van der Waals surface area contributed by atoms with E-state index in [0.717, 1.165) is 44.9 Å². The molecule has 0 radical (unpaired) electrons. The molecule has 5 aliphatic rings. The maximum Gasteiger partial charge on any atom is 0.316 e. The molecule has 0 amide bonds. The van der Waals surface area contributed by atoms with Crippen LogP contribution in [0.5, 0.6) is 0 Å². The Labute approximate surface area is 208 Å². The van der Waals surface area contributed by atoms with Crippen LogP contribution in [-0.4, -0.2) is 24.3 Å². The molecule has 3 heteroatoms. The molecule has 0 aromatic heterocycles. The Hall–Kier alpha value is -0.830. The van der Waals surface area contributed by atoms with Gasteiger partial charge in [-0.1, -0.05) is 60.1 Å². The number of ether oxygens (including phenoxy) is 1. The molecule has 0 heterocycles. The average molecular weight is 471 g/mol. The van der Waals surface area contributed by atoms with Crippen LogP contribution in [0.4, 0.5) is 0 Å². The van der Waals surface area contributed by atoms with Crippen molar-refractivity contribution < 1.29 is 14.6 Å². The first-order chi connectivity index (χ1) is 15.7. The number of hydrogen-bond acceptors (Lipinski definition) is 3. The van der Waals surface area contributed by atoms with E-state index < -0.39 is 5.41 Å². The molecule has 192 valence electrons. The molecule has 0 aromatic carbocycles. The van der Waals surface area contributed by atoms with E-state index in [4.69, 9.17) is 4.74 Å². The van der Waals surface area contributed by atoms with Crippen molar-refractivity contribution in [2.75, 3.05) is 7.11 Å². The third kappa shape index (κ3) is 2.94. The predicted octanol–water partition coefficient (Wildman–Crippen LogP) is 7.32. The van der Waals surface area contributed by atoms with Crippen LogP contribution >= 0.6 is 0 Å². The Kier molecular flexibility index (Phi) is 5.38. The van der Waals surface area contributed by atoms with Crippen LogP contribution in [-0.2, 0) is 9.53 Å². The number of aliphatic hydroxyl groups excluding tert-OH is 1. The molecule has 8 atom stereocenters. The van der Waals surface area contributed by atoms with Crippen molar-refractivity contribution >= 4 is 5.97 Å². The quantitative estimate of drug-likeness (QED) is 0.322. The highest BCUT2D eigenvalue weighted by molar-refractivity contribution is 5.83. The first-order valence-corrected chi connectivity index (χ1v) is 14.2. The zero-order valence-electron chi connectivity index (χ0n) is 23.2. The molecule has 1 N–H and O–H groups in total. The van der Waals surface area contributed by atoms with Gasteiger partial charge in [-0.05, 0) is 109 Å². The van der Waals surface area contributed by atoms with Crippen molar-refractivity contribution in [3.8, 4) is 0 Å². The molecular formula is C31H50O3. The lowest BCUT2D eigenvalue weighted by molar-refractivity contribution is -0.215. The Morgan fingerprint density at radius 2 is 1.59 bits per heavy atom. The van der Waals surface area contributed by atoms with Gasteiger partial charge in [-0.15, -0.1) is 0 Å². The van der Waals surface area contributed by atoms with Crippen molar-refractivity contribution in [1.82, 2.24) is 0 Å². The fraction of sp³-hybridized carbons (Fsp3) is 0.903. The van der Waals surface area contributed by atoms with Gasteiger partial charge in [0.1, 0.15) is 0 Å². The van der Waals surface area contributed by atoms with Crippen LogP contribution in [0.2, 0.25) is 0 Å². The van der Waals surface area contributed by atoms with Crippen molar-refractivity contribution in [3.63, 3.8) is 0 Å². The van der Waals surface area contributed by atoms with Crippen LogP contribution < -0.4 is 0 Å². The van der Waals surface area contributed by atoms with Crippen LogP contribution in [0.15, 0.2) is 11.6 Å². The van der Waals surface area contributed by atoms with Gasteiger partial charge >= 0.3 is 5.97 Å². The Morgan fingerprint density at radius 1 is 0.912 bits per heavy atom.